The van der Waals surface area contributed by atoms with Crippen molar-refractivity contribution < 1.29 is 29.0 Å². The van der Waals surface area contributed by atoms with Crippen LogP contribution in [0.25, 0.3) is 50.9 Å². The van der Waals surface area contributed by atoms with E-state index in [1.807, 2.05) is 51.3 Å². The van der Waals surface area contributed by atoms with Crippen LogP contribution in [0, 0.1) is 11.2 Å². The molecule has 0 spiro atoms. The molecule has 4 aromatic heterocycles. The predicted octanol–water partition coefficient (Wildman–Crippen LogP) is 8.26. The van der Waals surface area contributed by atoms with E-state index in [-0.39, 0.29) is 62.8 Å². The number of amides is 3. The van der Waals surface area contributed by atoms with Gasteiger partial charge in [0.1, 0.15) is 34.7 Å². The average molecular weight is 884 g/mol. The van der Waals surface area contributed by atoms with Crippen molar-refractivity contribution in [3.63, 3.8) is 0 Å². The number of hydrogen-bond acceptors (Lipinski definition) is 10. The fourth-order valence-corrected chi connectivity index (χ4v) is 7.24. The number of benzene rings is 3. The molecule has 338 valence electrons. The number of H-pyrrole nitrogens is 1. The van der Waals surface area contributed by atoms with E-state index in [1.54, 1.807) is 44.2 Å². The van der Waals surface area contributed by atoms with E-state index in [1.165, 1.54) is 34.9 Å². The highest BCUT2D eigenvalue weighted by Gasteiger charge is 2.28. The highest BCUT2D eigenvalue weighted by molar-refractivity contribution is 6.01. The molecule has 0 aliphatic rings. The summed E-state index contributed by atoms with van der Waals surface area (Å²) in [6, 6.07) is 17.9. The van der Waals surface area contributed by atoms with Gasteiger partial charge in [-0.05, 0) is 97.5 Å². The van der Waals surface area contributed by atoms with Crippen LogP contribution in [-0.4, -0.2) is 79.8 Å². The Morgan fingerprint density at radius 2 is 1.52 bits per heavy atom. The highest BCUT2D eigenvalue weighted by atomic mass is 19.1. The van der Waals surface area contributed by atoms with Crippen LogP contribution in [0.3, 0.4) is 0 Å². The highest BCUT2D eigenvalue weighted by Crippen LogP contribution is 2.39. The lowest BCUT2D eigenvalue weighted by Crippen LogP contribution is -2.42. The molecule has 16 nitrogen and oxygen atoms in total. The van der Waals surface area contributed by atoms with Gasteiger partial charge in [-0.2, -0.15) is 0 Å². The van der Waals surface area contributed by atoms with Crippen molar-refractivity contribution in [2.75, 3.05) is 11.9 Å². The summed E-state index contributed by atoms with van der Waals surface area (Å²) >= 11 is 0. The molecule has 0 aliphatic carbocycles. The summed E-state index contributed by atoms with van der Waals surface area (Å²) in [4.78, 5) is 58.8. The van der Waals surface area contributed by atoms with Crippen molar-refractivity contribution >= 4 is 34.8 Å². The molecular weight excluding hydrogens is 830 g/mol. The van der Waals surface area contributed by atoms with Crippen LogP contribution in [-0.2, 0) is 16.8 Å². The van der Waals surface area contributed by atoms with Crippen molar-refractivity contribution in [2.24, 2.45) is 5.41 Å². The van der Waals surface area contributed by atoms with E-state index in [4.69, 9.17) is 15.0 Å². The van der Waals surface area contributed by atoms with E-state index in [0.717, 1.165) is 11.4 Å². The number of phenols is 2. The van der Waals surface area contributed by atoms with Gasteiger partial charge in [-0.3, -0.25) is 28.8 Å². The van der Waals surface area contributed by atoms with Gasteiger partial charge in [0, 0.05) is 41.4 Å². The number of carbonyl (C=O) groups excluding carboxylic acids is 3. The lowest BCUT2D eigenvalue weighted by Gasteiger charge is -2.21. The van der Waals surface area contributed by atoms with E-state index < -0.39 is 23.8 Å². The van der Waals surface area contributed by atoms with Gasteiger partial charge in [0.15, 0.2) is 11.5 Å². The maximum absolute atomic E-state index is 13.9. The first-order valence-electron chi connectivity index (χ1n) is 21.4. The third-order valence-corrected chi connectivity index (χ3v) is 10.6. The van der Waals surface area contributed by atoms with Crippen LogP contribution >= 0.6 is 0 Å². The second-order valence-corrected chi connectivity index (χ2v) is 18.5. The summed E-state index contributed by atoms with van der Waals surface area (Å²) < 4.78 is 17.2. The summed E-state index contributed by atoms with van der Waals surface area (Å²) in [7, 11) is 0. The molecule has 6 N–H and O–H groups in total. The topological polar surface area (TPSA) is 218 Å². The Labute approximate surface area is 375 Å². The molecule has 7 aromatic rings. The first-order valence-corrected chi connectivity index (χ1v) is 21.4. The first-order chi connectivity index (χ1) is 30.6. The summed E-state index contributed by atoms with van der Waals surface area (Å²) in [6.07, 6.45) is 0. The Morgan fingerprint density at radius 1 is 0.831 bits per heavy atom. The van der Waals surface area contributed by atoms with Gasteiger partial charge in [-0.15, -0.1) is 10.2 Å². The molecule has 0 saturated heterocycles. The third-order valence-electron chi connectivity index (χ3n) is 10.6. The second-order valence-electron chi connectivity index (χ2n) is 18.5. The van der Waals surface area contributed by atoms with Gasteiger partial charge in [0.25, 0.3) is 11.8 Å². The second kappa shape index (κ2) is 17.6. The lowest BCUT2D eigenvalue weighted by molar-refractivity contribution is -0.117. The minimum absolute atomic E-state index is 0.0578. The van der Waals surface area contributed by atoms with Crippen molar-refractivity contribution in [3.05, 3.63) is 101 Å². The molecule has 3 amide bonds. The number of rotatable bonds is 12. The van der Waals surface area contributed by atoms with Gasteiger partial charge in [-0.1, -0.05) is 55.4 Å². The molecule has 0 bridgehead atoms. The molecule has 4 heterocycles. The monoisotopic (exact) mass is 883 g/mol. The smallest absolute Gasteiger partial charge is 0.289 e. The largest absolute Gasteiger partial charge is 0.508 e. The normalized spacial score (nSPS) is 12.4. The number of aromatic hydroxyl groups is 2. The number of nitrogens with one attached hydrogen (secondary N) is 4. The number of fused-ring (bicyclic) bond motifs is 1. The summed E-state index contributed by atoms with van der Waals surface area (Å²) in [5.41, 5.74) is 4.50. The van der Waals surface area contributed by atoms with Crippen molar-refractivity contribution in [2.45, 2.75) is 93.2 Å². The molecule has 3 aromatic carbocycles. The quantitative estimate of drug-likeness (QED) is 0.0690. The molecule has 1 atom stereocenters. The molecule has 7 rings (SSSR count). The number of aromatic nitrogens is 8. The molecule has 65 heavy (non-hydrogen) atoms. The van der Waals surface area contributed by atoms with E-state index in [9.17, 15) is 29.0 Å². The van der Waals surface area contributed by atoms with E-state index in [2.05, 4.69) is 51.9 Å². The van der Waals surface area contributed by atoms with Gasteiger partial charge in [0.2, 0.25) is 17.7 Å². The maximum atomic E-state index is 13.9. The van der Waals surface area contributed by atoms with Crippen LogP contribution in [0.2, 0.25) is 0 Å². The van der Waals surface area contributed by atoms with Crippen LogP contribution in [0.5, 0.6) is 11.5 Å². The first kappa shape index (κ1) is 45.6. The number of imidazole rings is 2. The van der Waals surface area contributed by atoms with Gasteiger partial charge in [0.05, 0.1) is 22.6 Å². The molecule has 0 unspecified atom stereocenters. The number of aromatic amines is 1. The zero-order valence-corrected chi connectivity index (χ0v) is 38.1. The number of halogens is 1. The molecule has 0 fully saturated rings. The summed E-state index contributed by atoms with van der Waals surface area (Å²) in [5.74, 6) is -1.28. The van der Waals surface area contributed by atoms with Crippen LogP contribution < -0.4 is 16.0 Å². The van der Waals surface area contributed by atoms with Crippen molar-refractivity contribution in [3.8, 4) is 51.2 Å². The molecule has 0 aliphatic heterocycles. The van der Waals surface area contributed by atoms with Crippen LogP contribution in [0.15, 0.2) is 72.8 Å². The van der Waals surface area contributed by atoms with E-state index in [0.29, 0.717) is 52.6 Å². The number of anilines is 1. The number of nitrogens with zero attached hydrogens (tertiary/aromatic N) is 7. The summed E-state index contributed by atoms with van der Waals surface area (Å²) in [6.45, 7) is 20.2. The Kier molecular flexibility index (Phi) is 12.4. The molecule has 0 saturated carbocycles. The van der Waals surface area contributed by atoms with Gasteiger partial charge in [-0.25, -0.2) is 19.3 Å². The van der Waals surface area contributed by atoms with Crippen LogP contribution in [0.4, 0.5) is 10.3 Å². The number of carbonyl (C=O) groups is 3. The minimum Gasteiger partial charge on any atom is -0.508 e. The Balaban J connectivity index is 1.15. The maximum Gasteiger partial charge on any atom is 0.289 e. The fraction of sp³-hybridized carbons (Fsp3) is 0.333. The fourth-order valence-electron chi connectivity index (χ4n) is 7.24. The number of hydrogen-bond donors (Lipinski definition) is 6. The SMILES string of the molecule is CCNC(=O)c1nnc(-c2cc(C(C)C)c(O)cc2O)n1-c1ccc(C(=O)N[C@@H](C)C(=O)Nc2nc3ccc(-c4[nH]c(C(C)(C)C)nc4-c4ccc(F)cc4)nc3n2CC(C)(C)C)cc1. The lowest BCUT2D eigenvalue weighted by atomic mass is 9.96. The van der Waals surface area contributed by atoms with Gasteiger partial charge < -0.3 is 25.8 Å². The predicted molar refractivity (Wildman–Crippen MR) is 246 cm³/mol. The van der Waals surface area contributed by atoms with E-state index >= 15 is 0 Å². The van der Waals surface area contributed by atoms with Crippen molar-refractivity contribution in [1.29, 1.82) is 0 Å². The zero-order chi connectivity index (χ0) is 47.1. The molecule has 17 heteroatoms. The Bertz CT molecular complexity index is 2920. The standard InChI is InChI=1S/C48H54FN11O5/c1-11-50-44(65)41-58-57-39(32-22-31(25(2)3)35(61)23-36(32)62)60(41)30-18-14-28(15-19-30)43(64)51-26(4)42(63)56-46-53-34-21-20-33(52-40(34)59(46)24-47(5,6)7)38-37(27-12-16-29(49)17-13-27)54-45(55-38)48(8,9)10/h12-23,25-26,61-62H,11,24H2,1-10H3,(H,50,65)(H,51,64)(H,54,55)(H,53,56,63)/t26-/m0/s1. The average Bonchev–Trinajstić information content (AvgIpc) is 3.97. The number of pyridine rings is 1. The molecular formula is C48H54FN11O5. The zero-order valence-electron chi connectivity index (χ0n) is 38.1. The number of phenolic OH excluding ortho intramolecular Hbond substituents is 2. The minimum atomic E-state index is -1.01. The summed E-state index contributed by atoms with van der Waals surface area (Å²) in [5, 5.41) is 38.2. The molecule has 0 radical (unpaired) electrons. The Hall–Kier alpha value is -7.43. The van der Waals surface area contributed by atoms with Crippen LogP contribution in [0.1, 0.15) is 108 Å². The van der Waals surface area contributed by atoms with Gasteiger partial charge >= 0.3 is 0 Å². The Morgan fingerprint density at radius 3 is 2.15 bits per heavy atom. The van der Waals surface area contributed by atoms with Crippen molar-refractivity contribution in [1.82, 2.24) is 49.9 Å². The third kappa shape index (κ3) is 9.59.